The molecule has 0 saturated heterocycles. The van der Waals surface area contributed by atoms with Gasteiger partial charge in [-0.2, -0.15) is 0 Å². The third-order valence-corrected chi connectivity index (χ3v) is 14.7. The van der Waals surface area contributed by atoms with E-state index in [-0.39, 0.29) is 31.6 Å². The molecule has 0 aromatic rings. The predicted octanol–water partition coefficient (Wildman–Crippen LogP) is 22.9. The molecule has 1 unspecified atom stereocenters. The first kappa shape index (κ1) is 73.8. The van der Waals surface area contributed by atoms with Crippen molar-refractivity contribution in [3.63, 3.8) is 0 Å². The second kappa shape index (κ2) is 65.4. The summed E-state index contributed by atoms with van der Waals surface area (Å²) in [6, 6.07) is 0. The van der Waals surface area contributed by atoms with Crippen molar-refractivity contribution in [1.82, 2.24) is 0 Å². The SMILES string of the molecule is CC/C=C\C/C=C\C/C=C\C/C=C\C/C=C\CC(=O)OCC(COC(=O)CCCCCCCCCCCCC/C=C\CCCCCCCCCC)OC(=O)CCCCCCCCCCCCCCCCCCCCCCC. The molecular weight excluding hydrogens is 949 g/mol. The molecule has 0 spiro atoms. The summed E-state index contributed by atoms with van der Waals surface area (Å²) in [5.74, 6) is -1.02. The van der Waals surface area contributed by atoms with Crippen LogP contribution in [0.3, 0.4) is 0 Å². The monoisotopic (exact) mass is 1070 g/mol. The molecule has 0 rings (SSSR count). The van der Waals surface area contributed by atoms with Gasteiger partial charge in [-0.15, -0.1) is 0 Å². The minimum atomic E-state index is -0.815. The smallest absolute Gasteiger partial charge is 0.309 e. The number of ether oxygens (including phenoxy) is 3. The third-order valence-electron chi connectivity index (χ3n) is 14.7. The van der Waals surface area contributed by atoms with Crippen LogP contribution in [0.1, 0.15) is 342 Å². The number of allylic oxidation sites excluding steroid dienone is 11. The first-order valence-corrected chi connectivity index (χ1v) is 33.4. The van der Waals surface area contributed by atoms with Gasteiger partial charge in [-0.1, -0.05) is 325 Å². The van der Waals surface area contributed by atoms with E-state index in [4.69, 9.17) is 14.2 Å². The molecule has 446 valence electrons. The van der Waals surface area contributed by atoms with Gasteiger partial charge in [-0.05, 0) is 70.6 Å². The maximum Gasteiger partial charge on any atom is 0.309 e. The third kappa shape index (κ3) is 63.6. The zero-order valence-electron chi connectivity index (χ0n) is 51.2. The van der Waals surface area contributed by atoms with Gasteiger partial charge in [0.1, 0.15) is 13.2 Å². The molecule has 0 fully saturated rings. The van der Waals surface area contributed by atoms with E-state index in [1.54, 1.807) is 0 Å². The molecular formula is C71H126O6. The fourth-order valence-corrected chi connectivity index (χ4v) is 9.75. The summed E-state index contributed by atoms with van der Waals surface area (Å²) >= 11 is 0. The van der Waals surface area contributed by atoms with Crippen molar-refractivity contribution in [2.24, 2.45) is 0 Å². The molecule has 0 N–H and O–H groups in total. The van der Waals surface area contributed by atoms with E-state index in [2.05, 4.69) is 81.5 Å². The van der Waals surface area contributed by atoms with E-state index >= 15 is 0 Å². The highest BCUT2D eigenvalue weighted by molar-refractivity contribution is 5.72. The minimum Gasteiger partial charge on any atom is -0.462 e. The second-order valence-corrected chi connectivity index (χ2v) is 22.4. The molecule has 0 aromatic heterocycles. The lowest BCUT2D eigenvalue weighted by molar-refractivity contribution is -0.166. The summed E-state index contributed by atoms with van der Waals surface area (Å²) < 4.78 is 16.9. The van der Waals surface area contributed by atoms with Crippen LogP contribution in [0, 0.1) is 0 Å². The molecule has 0 saturated carbocycles. The molecule has 0 aliphatic carbocycles. The number of unbranched alkanes of at least 4 members (excludes halogenated alkanes) is 39. The van der Waals surface area contributed by atoms with E-state index in [0.717, 1.165) is 70.6 Å². The molecule has 0 heterocycles. The Balaban J connectivity index is 4.37. The topological polar surface area (TPSA) is 78.9 Å². The normalized spacial score (nSPS) is 12.5. The van der Waals surface area contributed by atoms with Crippen LogP contribution in [-0.2, 0) is 28.6 Å². The Labute approximate surface area is 478 Å². The Hall–Kier alpha value is -3.15. The Bertz CT molecular complexity index is 1420. The molecule has 6 nitrogen and oxygen atoms in total. The van der Waals surface area contributed by atoms with Crippen molar-refractivity contribution in [2.45, 2.75) is 348 Å². The molecule has 6 heteroatoms. The molecule has 0 bridgehead atoms. The van der Waals surface area contributed by atoms with Crippen LogP contribution >= 0.6 is 0 Å². The summed E-state index contributed by atoms with van der Waals surface area (Å²) in [6.07, 6.45) is 85.2. The first-order chi connectivity index (χ1) is 38.0. The number of hydrogen-bond acceptors (Lipinski definition) is 6. The Kier molecular flexibility index (Phi) is 62.7. The van der Waals surface area contributed by atoms with Gasteiger partial charge in [-0.25, -0.2) is 0 Å². The van der Waals surface area contributed by atoms with Crippen molar-refractivity contribution >= 4 is 17.9 Å². The van der Waals surface area contributed by atoms with Gasteiger partial charge in [-0.3, -0.25) is 14.4 Å². The van der Waals surface area contributed by atoms with Crippen LogP contribution in [0.15, 0.2) is 72.9 Å². The maximum atomic E-state index is 12.9. The van der Waals surface area contributed by atoms with Crippen molar-refractivity contribution in [3.8, 4) is 0 Å². The van der Waals surface area contributed by atoms with Crippen LogP contribution in [0.5, 0.6) is 0 Å². The lowest BCUT2D eigenvalue weighted by Gasteiger charge is -2.18. The Morgan fingerprint density at radius 2 is 0.558 bits per heavy atom. The van der Waals surface area contributed by atoms with Gasteiger partial charge in [0.15, 0.2) is 6.10 Å². The quantitative estimate of drug-likeness (QED) is 0.0261. The van der Waals surface area contributed by atoms with Crippen LogP contribution < -0.4 is 0 Å². The number of hydrogen-bond donors (Lipinski definition) is 0. The average molecular weight is 1080 g/mol. The highest BCUT2D eigenvalue weighted by Crippen LogP contribution is 2.18. The lowest BCUT2D eigenvalue weighted by atomic mass is 10.0. The first-order valence-electron chi connectivity index (χ1n) is 33.4. The molecule has 0 radical (unpaired) electrons. The molecule has 77 heavy (non-hydrogen) atoms. The summed E-state index contributed by atoms with van der Waals surface area (Å²) in [7, 11) is 0. The summed E-state index contributed by atoms with van der Waals surface area (Å²) in [5, 5.41) is 0. The molecule has 0 aliphatic rings. The second-order valence-electron chi connectivity index (χ2n) is 22.4. The molecule has 0 aliphatic heterocycles. The van der Waals surface area contributed by atoms with E-state index in [1.807, 2.05) is 12.2 Å². The predicted molar refractivity (Wildman–Crippen MR) is 335 cm³/mol. The fourth-order valence-electron chi connectivity index (χ4n) is 9.75. The van der Waals surface area contributed by atoms with Gasteiger partial charge >= 0.3 is 17.9 Å². The van der Waals surface area contributed by atoms with Gasteiger partial charge in [0.25, 0.3) is 0 Å². The summed E-state index contributed by atoms with van der Waals surface area (Å²) in [6.45, 7) is 6.49. The Morgan fingerprint density at radius 1 is 0.286 bits per heavy atom. The van der Waals surface area contributed by atoms with Crippen molar-refractivity contribution in [2.75, 3.05) is 13.2 Å². The Morgan fingerprint density at radius 3 is 0.896 bits per heavy atom. The van der Waals surface area contributed by atoms with E-state index in [9.17, 15) is 14.4 Å². The number of esters is 3. The van der Waals surface area contributed by atoms with Gasteiger partial charge in [0, 0.05) is 12.8 Å². The van der Waals surface area contributed by atoms with Crippen LogP contribution in [0.4, 0.5) is 0 Å². The van der Waals surface area contributed by atoms with Crippen LogP contribution in [-0.4, -0.2) is 37.2 Å². The van der Waals surface area contributed by atoms with Gasteiger partial charge < -0.3 is 14.2 Å². The lowest BCUT2D eigenvalue weighted by Crippen LogP contribution is -2.30. The highest BCUT2D eigenvalue weighted by atomic mass is 16.6. The summed E-state index contributed by atoms with van der Waals surface area (Å²) in [4.78, 5) is 38.3. The zero-order valence-corrected chi connectivity index (χ0v) is 51.2. The fraction of sp³-hybridized carbons (Fsp3) is 0.789. The van der Waals surface area contributed by atoms with Gasteiger partial charge in [0.05, 0.1) is 6.42 Å². The van der Waals surface area contributed by atoms with Gasteiger partial charge in [0.2, 0.25) is 0 Å². The van der Waals surface area contributed by atoms with Crippen molar-refractivity contribution < 1.29 is 28.6 Å². The molecule has 1 atom stereocenters. The standard InChI is InChI=1S/C71H126O6/c1-4-7-10-13-16-19-22-25-28-30-32-34-35-37-38-40-43-46-49-52-55-58-61-64-70(73)76-67-68(66-75-69(72)63-60-57-54-51-48-45-42-27-24-21-18-15-12-9-6-3)77-71(74)65-62-59-56-53-50-47-44-41-39-36-33-31-29-26-23-20-17-14-11-8-5-2/h9,12,18,21,27,30,32,42,48,51,57,60,68H,4-8,10-11,13-17,19-20,22-26,28-29,31,33-41,43-47,49-50,52-56,58-59,61-67H2,1-3H3/b12-9-,21-18-,32-30-,42-27-,51-48-,60-57-. The highest BCUT2D eigenvalue weighted by Gasteiger charge is 2.19. The number of rotatable bonds is 61. The van der Waals surface area contributed by atoms with Crippen LogP contribution in [0.2, 0.25) is 0 Å². The number of carbonyl (C=O) groups is 3. The average Bonchev–Trinajstić information content (AvgIpc) is 3.43. The molecule has 0 amide bonds. The largest absolute Gasteiger partial charge is 0.462 e. The van der Waals surface area contributed by atoms with E-state index in [1.165, 1.54) is 231 Å². The number of carbonyl (C=O) groups excluding carboxylic acids is 3. The van der Waals surface area contributed by atoms with Crippen LogP contribution in [0.25, 0.3) is 0 Å². The van der Waals surface area contributed by atoms with E-state index in [0.29, 0.717) is 12.8 Å². The van der Waals surface area contributed by atoms with E-state index < -0.39 is 12.1 Å². The zero-order chi connectivity index (χ0) is 55.7. The summed E-state index contributed by atoms with van der Waals surface area (Å²) in [5.41, 5.74) is 0. The maximum absolute atomic E-state index is 12.9. The minimum absolute atomic E-state index is 0.102. The van der Waals surface area contributed by atoms with Crippen molar-refractivity contribution in [3.05, 3.63) is 72.9 Å². The molecule has 0 aromatic carbocycles. The van der Waals surface area contributed by atoms with Crippen molar-refractivity contribution in [1.29, 1.82) is 0 Å².